The van der Waals surface area contributed by atoms with Crippen molar-refractivity contribution >= 4 is 22.2 Å². The molecular weight excluding hydrogens is 244 g/mol. The third kappa shape index (κ3) is 1.82. The van der Waals surface area contributed by atoms with Gasteiger partial charge in [0, 0.05) is 10.0 Å². The summed E-state index contributed by atoms with van der Waals surface area (Å²) >= 11 is 3.41. The van der Waals surface area contributed by atoms with E-state index in [0.29, 0.717) is 5.56 Å². The van der Waals surface area contributed by atoms with Gasteiger partial charge in [-0.2, -0.15) is 0 Å². The number of hydrogen-bond acceptors (Lipinski definition) is 2. The quantitative estimate of drug-likeness (QED) is 0.777. The molecule has 0 spiro atoms. The summed E-state index contributed by atoms with van der Waals surface area (Å²) in [5.74, 6) is 0.787. The summed E-state index contributed by atoms with van der Waals surface area (Å²) in [5, 5.41) is 0. The minimum Gasteiger partial charge on any atom is -0.496 e. The van der Waals surface area contributed by atoms with Gasteiger partial charge in [-0.15, -0.1) is 0 Å². The lowest BCUT2D eigenvalue weighted by atomic mass is 10.0. The molecule has 0 aliphatic heterocycles. The second kappa shape index (κ2) is 4.60. The van der Waals surface area contributed by atoms with Crippen molar-refractivity contribution < 1.29 is 9.53 Å². The molecule has 0 bridgehead atoms. The van der Waals surface area contributed by atoms with E-state index < -0.39 is 0 Å². The molecule has 14 heavy (non-hydrogen) atoms. The van der Waals surface area contributed by atoms with Crippen LogP contribution in [0.4, 0.5) is 0 Å². The van der Waals surface area contributed by atoms with Crippen LogP contribution < -0.4 is 4.74 Å². The van der Waals surface area contributed by atoms with Crippen LogP contribution in [0.15, 0.2) is 10.5 Å². The van der Waals surface area contributed by atoms with Crippen LogP contribution in [0, 0.1) is 6.92 Å². The summed E-state index contributed by atoms with van der Waals surface area (Å²) < 4.78 is 6.10. The Morgan fingerprint density at radius 2 is 2.21 bits per heavy atom. The molecule has 0 amide bonds. The van der Waals surface area contributed by atoms with Crippen molar-refractivity contribution in [3.63, 3.8) is 0 Å². The zero-order chi connectivity index (χ0) is 10.7. The topological polar surface area (TPSA) is 26.3 Å². The van der Waals surface area contributed by atoms with Gasteiger partial charge < -0.3 is 4.74 Å². The zero-order valence-electron chi connectivity index (χ0n) is 8.56. The Bertz CT molecular complexity index is 359. The van der Waals surface area contributed by atoms with E-state index in [1.165, 1.54) is 0 Å². The lowest BCUT2D eigenvalue weighted by Crippen LogP contribution is -1.98. The lowest BCUT2D eigenvalue weighted by molar-refractivity contribution is 0.112. The van der Waals surface area contributed by atoms with Crippen molar-refractivity contribution in [2.75, 3.05) is 7.11 Å². The minimum absolute atomic E-state index is 0.636. The maximum absolute atomic E-state index is 10.8. The summed E-state index contributed by atoms with van der Waals surface area (Å²) in [6.07, 6.45) is 1.73. The monoisotopic (exact) mass is 256 g/mol. The zero-order valence-corrected chi connectivity index (χ0v) is 10.1. The van der Waals surface area contributed by atoms with Crippen LogP contribution in [-0.2, 0) is 6.42 Å². The summed E-state index contributed by atoms with van der Waals surface area (Å²) in [4.78, 5) is 10.8. The second-order valence-corrected chi connectivity index (χ2v) is 3.85. The van der Waals surface area contributed by atoms with Gasteiger partial charge in [-0.25, -0.2) is 0 Å². The van der Waals surface area contributed by atoms with Crippen LogP contribution >= 0.6 is 15.9 Å². The summed E-state index contributed by atoms with van der Waals surface area (Å²) in [5.41, 5.74) is 2.86. The maximum atomic E-state index is 10.8. The molecule has 0 aliphatic rings. The number of carbonyl (C=O) groups is 1. The molecule has 2 nitrogen and oxygen atoms in total. The normalized spacial score (nSPS) is 10.0. The van der Waals surface area contributed by atoms with Gasteiger partial charge >= 0.3 is 0 Å². The number of aldehydes is 1. The third-order valence-corrected chi connectivity index (χ3v) is 3.37. The Morgan fingerprint density at radius 3 is 2.64 bits per heavy atom. The van der Waals surface area contributed by atoms with Gasteiger partial charge in [-0.3, -0.25) is 4.79 Å². The predicted molar refractivity (Wildman–Crippen MR) is 60.2 cm³/mol. The van der Waals surface area contributed by atoms with E-state index in [1.54, 1.807) is 13.2 Å². The third-order valence-electron chi connectivity index (χ3n) is 2.32. The molecule has 0 unspecified atom stereocenters. The Balaban J connectivity index is 3.45. The molecule has 0 N–H and O–H groups in total. The lowest BCUT2D eigenvalue weighted by Gasteiger charge is -2.13. The molecule has 1 aromatic carbocycles. The molecule has 0 atom stereocenters. The second-order valence-electron chi connectivity index (χ2n) is 3.06. The van der Waals surface area contributed by atoms with Gasteiger partial charge in [-0.1, -0.05) is 6.92 Å². The fourth-order valence-corrected chi connectivity index (χ4v) is 1.98. The van der Waals surface area contributed by atoms with Gasteiger partial charge in [0.2, 0.25) is 0 Å². The molecule has 0 saturated heterocycles. The van der Waals surface area contributed by atoms with Gasteiger partial charge in [0.05, 0.1) is 7.11 Å². The van der Waals surface area contributed by atoms with Crippen molar-refractivity contribution in [2.45, 2.75) is 20.3 Å². The van der Waals surface area contributed by atoms with Crippen LogP contribution in [0.3, 0.4) is 0 Å². The van der Waals surface area contributed by atoms with Crippen molar-refractivity contribution in [3.05, 3.63) is 27.2 Å². The van der Waals surface area contributed by atoms with Crippen molar-refractivity contribution in [3.8, 4) is 5.75 Å². The SMILES string of the molecule is CCc1c(OC)cc(C=O)c(Br)c1C. The van der Waals surface area contributed by atoms with Crippen LogP contribution in [0.1, 0.15) is 28.4 Å². The van der Waals surface area contributed by atoms with E-state index in [4.69, 9.17) is 4.74 Å². The first-order valence-corrected chi connectivity index (χ1v) is 5.26. The standard InChI is InChI=1S/C11H13BrO2/c1-4-9-7(2)11(12)8(6-13)5-10(9)14-3/h5-6H,4H2,1-3H3. The summed E-state index contributed by atoms with van der Waals surface area (Å²) in [6.45, 7) is 4.05. The van der Waals surface area contributed by atoms with E-state index in [-0.39, 0.29) is 0 Å². The molecule has 0 fully saturated rings. The van der Waals surface area contributed by atoms with Gasteiger partial charge in [0.15, 0.2) is 6.29 Å². The fourth-order valence-electron chi connectivity index (χ4n) is 1.53. The van der Waals surface area contributed by atoms with E-state index in [0.717, 1.165) is 34.1 Å². The average molecular weight is 257 g/mol. The molecule has 0 aromatic heterocycles. The van der Waals surface area contributed by atoms with Crippen molar-refractivity contribution in [1.82, 2.24) is 0 Å². The summed E-state index contributed by atoms with van der Waals surface area (Å²) in [7, 11) is 1.62. The molecule has 0 heterocycles. The minimum atomic E-state index is 0.636. The fraction of sp³-hybridized carbons (Fsp3) is 0.364. The van der Waals surface area contributed by atoms with Crippen molar-refractivity contribution in [1.29, 1.82) is 0 Å². The molecule has 3 heteroatoms. The highest BCUT2D eigenvalue weighted by atomic mass is 79.9. The van der Waals surface area contributed by atoms with Crippen LogP contribution in [0.25, 0.3) is 0 Å². The molecular formula is C11H13BrO2. The number of rotatable bonds is 3. The number of benzene rings is 1. The Kier molecular flexibility index (Phi) is 3.69. The van der Waals surface area contributed by atoms with Gasteiger partial charge in [0.1, 0.15) is 5.75 Å². The average Bonchev–Trinajstić information content (AvgIpc) is 2.21. The number of halogens is 1. The summed E-state index contributed by atoms with van der Waals surface area (Å²) in [6, 6.07) is 1.77. The number of ether oxygens (including phenoxy) is 1. The number of methoxy groups -OCH3 is 1. The highest BCUT2D eigenvalue weighted by Crippen LogP contribution is 2.31. The molecule has 1 aromatic rings. The number of hydrogen-bond donors (Lipinski definition) is 0. The van der Waals surface area contributed by atoms with Crippen molar-refractivity contribution in [2.24, 2.45) is 0 Å². The largest absolute Gasteiger partial charge is 0.496 e. The van der Waals surface area contributed by atoms with E-state index >= 15 is 0 Å². The van der Waals surface area contributed by atoms with E-state index in [1.807, 2.05) is 6.92 Å². The van der Waals surface area contributed by atoms with Gasteiger partial charge in [0.25, 0.3) is 0 Å². The highest BCUT2D eigenvalue weighted by molar-refractivity contribution is 9.10. The Hall–Kier alpha value is -0.830. The number of carbonyl (C=O) groups excluding carboxylic acids is 1. The smallest absolute Gasteiger partial charge is 0.151 e. The Morgan fingerprint density at radius 1 is 1.57 bits per heavy atom. The van der Waals surface area contributed by atoms with Crippen LogP contribution in [-0.4, -0.2) is 13.4 Å². The highest BCUT2D eigenvalue weighted by Gasteiger charge is 2.12. The van der Waals surface area contributed by atoms with E-state index in [9.17, 15) is 4.79 Å². The Labute approximate surface area is 92.4 Å². The van der Waals surface area contributed by atoms with E-state index in [2.05, 4.69) is 22.9 Å². The van der Waals surface area contributed by atoms with Crippen LogP contribution in [0.5, 0.6) is 5.75 Å². The maximum Gasteiger partial charge on any atom is 0.151 e. The molecule has 0 saturated carbocycles. The molecule has 0 radical (unpaired) electrons. The van der Waals surface area contributed by atoms with Gasteiger partial charge in [-0.05, 0) is 46.5 Å². The first-order chi connectivity index (χ1) is 6.65. The molecule has 1 rings (SSSR count). The molecule has 0 aliphatic carbocycles. The van der Waals surface area contributed by atoms with Crippen LogP contribution in [0.2, 0.25) is 0 Å². The molecule has 76 valence electrons. The first-order valence-electron chi connectivity index (χ1n) is 4.46. The first kappa shape index (κ1) is 11.2. The predicted octanol–water partition coefficient (Wildman–Crippen LogP) is 3.14.